The number of hydrogen-bond donors (Lipinski definition) is 1. The van der Waals surface area contributed by atoms with Gasteiger partial charge in [0.15, 0.2) is 0 Å². The first-order chi connectivity index (χ1) is 17.8. The molecule has 3 aromatic carbocycles. The van der Waals surface area contributed by atoms with E-state index in [0.29, 0.717) is 36.5 Å². The minimum absolute atomic E-state index is 0.141. The van der Waals surface area contributed by atoms with Crippen LogP contribution in [-0.4, -0.2) is 44.3 Å². The number of carbonyl (C=O) groups excluding carboxylic acids is 2. The molecule has 4 rings (SSSR count). The van der Waals surface area contributed by atoms with Crippen molar-refractivity contribution in [3.8, 4) is 0 Å². The highest BCUT2D eigenvalue weighted by Gasteiger charge is 2.35. The third-order valence-corrected chi connectivity index (χ3v) is 8.66. The highest BCUT2D eigenvalue weighted by Crippen LogP contribution is 2.42. The van der Waals surface area contributed by atoms with Crippen LogP contribution in [0.5, 0.6) is 0 Å². The quantitative estimate of drug-likeness (QED) is 0.394. The maximum Gasteiger partial charge on any atom is 0.265 e. The van der Waals surface area contributed by atoms with Gasteiger partial charge in [-0.1, -0.05) is 67.9 Å². The fourth-order valence-corrected chi connectivity index (χ4v) is 6.76. The molecule has 0 fully saturated rings. The number of rotatable bonds is 11. The third kappa shape index (κ3) is 5.49. The molecule has 0 saturated heterocycles. The van der Waals surface area contributed by atoms with Gasteiger partial charge in [0, 0.05) is 31.4 Å². The molecule has 0 spiro atoms. The lowest BCUT2D eigenvalue weighted by molar-refractivity contribution is -0.141. The Labute approximate surface area is 219 Å². The number of nitrogens with zero attached hydrogens (tertiary/aromatic N) is 2. The van der Waals surface area contributed by atoms with Gasteiger partial charge in [-0.15, -0.1) is 0 Å². The van der Waals surface area contributed by atoms with Gasteiger partial charge in [-0.2, -0.15) is 0 Å². The lowest BCUT2D eigenvalue weighted by Crippen LogP contribution is -2.49. The second-order valence-corrected chi connectivity index (χ2v) is 11.4. The Hall–Kier alpha value is -3.39. The van der Waals surface area contributed by atoms with Crippen molar-refractivity contribution in [2.75, 3.05) is 17.4 Å². The summed E-state index contributed by atoms with van der Waals surface area (Å²) < 4.78 is 27.9. The standard InChI is InChI=1S/C29H35N3O4S/c1-4-17-30-29(34)24(5-2)31(20-22-11-6-10-21(3)19-22)27(33)16-9-18-32-25-14-7-12-23-13-8-15-26(28(23)25)37(32,35)36/h6-8,10-15,19,24H,4-5,9,16-18,20H2,1-3H3,(H,30,34). The Morgan fingerprint density at radius 1 is 1.03 bits per heavy atom. The molecular weight excluding hydrogens is 486 g/mol. The Morgan fingerprint density at radius 2 is 1.76 bits per heavy atom. The van der Waals surface area contributed by atoms with E-state index in [2.05, 4.69) is 5.32 Å². The summed E-state index contributed by atoms with van der Waals surface area (Å²) in [6.07, 6.45) is 1.79. The van der Waals surface area contributed by atoms with Crippen molar-refractivity contribution in [2.24, 2.45) is 0 Å². The summed E-state index contributed by atoms with van der Waals surface area (Å²) in [5, 5.41) is 4.54. The number of hydrogen-bond acceptors (Lipinski definition) is 4. The molecule has 2 amide bonds. The van der Waals surface area contributed by atoms with Crippen LogP contribution in [0.2, 0.25) is 0 Å². The number of anilines is 1. The number of sulfonamides is 1. The number of nitrogens with one attached hydrogen (secondary N) is 1. The highest BCUT2D eigenvalue weighted by atomic mass is 32.2. The second kappa shape index (κ2) is 11.3. The molecule has 0 bridgehead atoms. The van der Waals surface area contributed by atoms with Gasteiger partial charge in [-0.25, -0.2) is 8.42 Å². The molecule has 1 aliphatic heterocycles. The minimum Gasteiger partial charge on any atom is -0.354 e. The van der Waals surface area contributed by atoms with Crippen LogP contribution in [-0.2, 0) is 26.2 Å². The SMILES string of the molecule is CCCNC(=O)C(CC)N(Cc1cccc(C)c1)C(=O)CCCN1c2cccc3cccc(c23)S1(=O)=O. The van der Waals surface area contributed by atoms with Gasteiger partial charge >= 0.3 is 0 Å². The van der Waals surface area contributed by atoms with Gasteiger partial charge < -0.3 is 10.2 Å². The van der Waals surface area contributed by atoms with Crippen LogP contribution >= 0.6 is 0 Å². The lowest BCUT2D eigenvalue weighted by Gasteiger charge is -2.31. The van der Waals surface area contributed by atoms with Crippen molar-refractivity contribution in [1.82, 2.24) is 10.2 Å². The number of benzene rings is 3. The van der Waals surface area contributed by atoms with Crippen molar-refractivity contribution in [3.63, 3.8) is 0 Å². The van der Waals surface area contributed by atoms with Crippen molar-refractivity contribution in [1.29, 1.82) is 0 Å². The summed E-state index contributed by atoms with van der Waals surface area (Å²) in [5.74, 6) is -0.318. The van der Waals surface area contributed by atoms with E-state index in [0.717, 1.165) is 28.3 Å². The van der Waals surface area contributed by atoms with Gasteiger partial charge in [0.25, 0.3) is 10.0 Å². The van der Waals surface area contributed by atoms with E-state index in [1.165, 1.54) is 4.31 Å². The van der Waals surface area contributed by atoms with Crippen LogP contribution in [0, 0.1) is 6.92 Å². The Bertz CT molecular complexity index is 1400. The predicted octanol–water partition coefficient (Wildman–Crippen LogP) is 4.77. The zero-order valence-corrected chi connectivity index (χ0v) is 22.6. The fourth-order valence-electron chi connectivity index (χ4n) is 5.01. The molecule has 1 aliphatic rings. The lowest BCUT2D eigenvalue weighted by atomic mass is 10.1. The maximum absolute atomic E-state index is 13.5. The Morgan fingerprint density at radius 3 is 2.46 bits per heavy atom. The Kier molecular flexibility index (Phi) is 8.17. The van der Waals surface area contributed by atoms with Gasteiger partial charge in [-0.3, -0.25) is 13.9 Å². The number of amides is 2. The minimum atomic E-state index is -3.67. The molecule has 0 saturated carbocycles. The molecule has 1 atom stereocenters. The molecule has 1 unspecified atom stereocenters. The van der Waals surface area contributed by atoms with Crippen LogP contribution in [0.25, 0.3) is 10.8 Å². The van der Waals surface area contributed by atoms with Crippen LogP contribution in [0.3, 0.4) is 0 Å². The summed E-state index contributed by atoms with van der Waals surface area (Å²) >= 11 is 0. The van der Waals surface area contributed by atoms with Gasteiger partial charge in [-0.05, 0) is 49.3 Å². The highest BCUT2D eigenvalue weighted by molar-refractivity contribution is 7.93. The molecule has 1 N–H and O–H groups in total. The van der Waals surface area contributed by atoms with E-state index >= 15 is 0 Å². The average Bonchev–Trinajstić information content (AvgIpc) is 3.10. The van der Waals surface area contributed by atoms with Crippen LogP contribution in [0.4, 0.5) is 5.69 Å². The smallest absolute Gasteiger partial charge is 0.265 e. The van der Waals surface area contributed by atoms with Gasteiger partial charge in [0.05, 0.1) is 10.6 Å². The number of aryl methyl sites for hydroxylation is 1. The summed E-state index contributed by atoms with van der Waals surface area (Å²) in [4.78, 5) is 28.4. The van der Waals surface area contributed by atoms with E-state index < -0.39 is 16.1 Å². The molecule has 3 aromatic rings. The van der Waals surface area contributed by atoms with E-state index in [1.807, 2.05) is 69.3 Å². The van der Waals surface area contributed by atoms with Crippen molar-refractivity contribution < 1.29 is 18.0 Å². The summed E-state index contributed by atoms with van der Waals surface area (Å²) in [5.41, 5.74) is 2.70. The largest absolute Gasteiger partial charge is 0.354 e. The van der Waals surface area contributed by atoms with Gasteiger partial charge in [0.2, 0.25) is 11.8 Å². The summed E-state index contributed by atoms with van der Waals surface area (Å²) in [6.45, 7) is 6.96. The summed E-state index contributed by atoms with van der Waals surface area (Å²) in [6, 6.07) is 18.2. The number of carbonyl (C=O) groups is 2. The second-order valence-electron chi connectivity index (χ2n) is 9.54. The molecule has 0 aromatic heterocycles. The third-order valence-electron chi connectivity index (χ3n) is 6.80. The molecule has 0 aliphatic carbocycles. The van der Waals surface area contributed by atoms with Crippen LogP contribution in [0.1, 0.15) is 50.7 Å². The van der Waals surface area contributed by atoms with E-state index in [4.69, 9.17) is 0 Å². The zero-order valence-electron chi connectivity index (χ0n) is 21.7. The molecule has 37 heavy (non-hydrogen) atoms. The van der Waals surface area contributed by atoms with Crippen LogP contribution < -0.4 is 9.62 Å². The fraction of sp³-hybridized carbons (Fsp3) is 0.379. The molecule has 7 nitrogen and oxygen atoms in total. The molecule has 196 valence electrons. The molecular formula is C29H35N3O4S. The maximum atomic E-state index is 13.5. The first kappa shape index (κ1) is 26.7. The van der Waals surface area contributed by atoms with E-state index in [-0.39, 0.29) is 24.8 Å². The van der Waals surface area contributed by atoms with Gasteiger partial charge in [0.1, 0.15) is 6.04 Å². The average molecular weight is 522 g/mol. The van der Waals surface area contributed by atoms with Crippen molar-refractivity contribution >= 4 is 38.3 Å². The Balaban J connectivity index is 1.51. The van der Waals surface area contributed by atoms with E-state index in [1.54, 1.807) is 17.0 Å². The monoisotopic (exact) mass is 521 g/mol. The molecule has 1 heterocycles. The zero-order chi connectivity index (χ0) is 26.6. The molecule has 8 heteroatoms. The predicted molar refractivity (Wildman–Crippen MR) is 147 cm³/mol. The van der Waals surface area contributed by atoms with Crippen molar-refractivity contribution in [3.05, 3.63) is 71.8 Å². The molecule has 0 radical (unpaired) electrons. The first-order valence-electron chi connectivity index (χ1n) is 12.9. The van der Waals surface area contributed by atoms with Crippen molar-refractivity contribution in [2.45, 2.75) is 63.9 Å². The topological polar surface area (TPSA) is 86.8 Å². The first-order valence-corrected chi connectivity index (χ1v) is 14.4. The normalized spacial score (nSPS) is 14.5. The van der Waals surface area contributed by atoms with Crippen LogP contribution in [0.15, 0.2) is 65.6 Å². The summed E-state index contributed by atoms with van der Waals surface area (Å²) in [7, 11) is -3.67. The van der Waals surface area contributed by atoms with E-state index in [9.17, 15) is 18.0 Å².